The molecule has 1 saturated carbocycles. The predicted molar refractivity (Wildman–Crippen MR) is 226 cm³/mol. The quantitative estimate of drug-likeness (QED) is 0.0149. The largest absolute Gasteiger partial charge is 0.472 e. The van der Waals surface area contributed by atoms with Gasteiger partial charge in [-0.1, -0.05) is 161 Å². The number of aliphatic hydroxyl groups is 5. The van der Waals surface area contributed by atoms with E-state index in [0.29, 0.717) is 12.8 Å². The highest BCUT2D eigenvalue weighted by molar-refractivity contribution is 7.47. The van der Waals surface area contributed by atoms with Crippen LogP contribution in [0.2, 0.25) is 0 Å². The van der Waals surface area contributed by atoms with E-state index in [4.69, 9.17) is 18.5 Å². The predicted octanol–water partition coefficient (Wildman–Crippen LogP) is 8.67. The summed E-state index contributed by atoms with van der Waals surface area (Å²) in [6, 6.07) is 0. The molecule has 8 atom stereocenters. The fourth-order valence-electron chi connectivity index (χ4n) is 7.11. The highest BCUT2D eigenvalue weighted by Gasteiger charge is 2.51. The maximum Gasteiger partial charge on any atom is 0.472 e. The number of hydrogen-bond acceptors (Lipinski definition) is 12. The number of allylic oxidation sites excluding steroid dienone is 2. The van der Waals surface area contributed by atoms with Gasteiger partial charge >= 0.3 is 19.8 Å². The second-order valence-corrected chi connectivity index (χ2v) is 17.7. The van der Waals surface area contributed by atoms with Crippen LogP contribution in [0.4, 0.5) is 0 Å². The number of phosphoric acid groups is 1. The monoisotopic (exact) mass is 851 g/mol. The SMILES string of the molecule is CCCCCC/C=C\CCCCCCCC(=O)O[C@H](COC(=O)CCCCCCCCCCCCCCCCCC)COP(=O)(O)OC1C(O)C(O)C(O)[C@@H](O)C1O. The lowest BCUT2D eigenvalue weighted by atomic mass is 9.85. The zero-order chi connectivity index (χ0) is 42.9. The van der Waals surface area contributed by atoms with Crippen LogP contribution < -0.4 is 0 Å². The third-order valence-electron chi connectivity index (χ3n) is 10.9. The van der Waals surface area contributed by atoms with E-state index in [2.05, 4.69) is 26.0 Å². The third-order valence-corrected chi connectivity index (χ3v) is 11.8. The average molecular weight is 851 g/mol. The van der Waals surface area contributed by atoms with Gasteiger partial charge in [-0.3, -0.25) is 18.6 Å². The van der Waals surface area contributed by atoms with Gasteiger partial charge in [0.1, 0.15) is 43.2 Å². The van der Waals surface area contributed by atoms with Gasteiger partial charge in [-0.2, -0.15) is 0 Å². The smallest absolute Gasteiger partial charge is 0.462 e. The minimum Gasteiger partial charge on any atom is -0.462 e. The lowest BCUT2D eigenvalue weighted by Gasteiger charge is -2.41. The second kappa shape index (κ2) is 35.2. The normalized spacial score (nSPS) is 22.6. The van der Waals surface area contributed by atoms with Crippen molar-refractivity contribution in [2.24, 2.45) is 0 Å². The van der Waals surface area contributed by atoms with Crippen molar-refractivity contribution < 1.29 is 63.1 Å². The summed E-state index contributed by atoms with van der Waals surface area (Å²) in [5.74, 6) is -1.10. The molecule has 0 radical (unpaired) electrons. The Labute approximate surface area is 350 Å². The van der Waals surface area contributed by atoms with Crippen molar-refractivity contribution in [2.45, 2.75) is 243 Å². The van der Waals surface area contributed by atoms with Crippen molar-refractivity contribution in [1.82, 2.24) is 0 Å². The van der Waals surface area contributed by atoms with Crippen molar-refractivity contribution in [3.63, 3.8) is 0 Å². The highest BCUT2D eigenvalue weighted by atomic mass is 31.2. The van der Waals surface area contributed by atoms with Gasteiger partial charge < -0.3 is 39.9 Å². The number of carbonyl (C=O) groups is 2. The Morgan fingerprint density at radius 1 is 0.517 bits per heavy atom. The van der Waals surface area contributed by atoms with E-state index in [-0.39, 0.29) is 12.8 Å². The van der Waals surface area contributed by atoms with Crippen LogP contribution in [0, 0.1) is 0 Å². The summed E-state index contributed by atoms with van der Waals surface area (Å²) in [6.45, 7) is 3.28. The van der Waals surface area contributed by atoms with E-state index >= 15 is 0 Å². The molecule has 0 spiro atoms. The lowest BCUT2D eigenvalue weighted by molar-refractivity contribution is -0.220. The molecule has 342 valence electrons. The molecule has 0 amide bonds. The first kappa shape index (κ1) is 54.6. The zero-order valence-electron chi connectivity index (χ0n) is 36.1. The van der Waals surface area contributed by atoms with Gasteiger partial charge in [-0.05, 0) is 38.5 Å². The van der Waals surface area contributed by atoms with E-state index in [0.717, 1.165) is 57.8 Å². The maximum absolute atomic E-state index is 12.8. The molecular formula is C44H83O13P. The lowest BCUT2D eigenvalue weighted by Crippen LogP contribution is -2.64. The van der Waals surface area contributed by atoms with Gasteiger partial charge in [0.05, 0.1) is 6.61 Å². The van der Waals surface area contributed by atoms with E-state index in [1.165, 1.54) is 103 Å². The summed E-state index contributed by atoms with van der Waals surface area (Å²) in [6.07, 6.45) is 22.7. The Hall–Kier alpha value is -1.41. The summed E-state index contributed by atoms with van der Waals surface area (Å²) < 4.78 is 33.5. The van der Waals surface area contributed by atoms with E-state index in [1.54, 1.807) is 0 Å². The molecule has 13 nitrogen and oxygen atoms in total. The molecule has 6 N–H and O–H groups in total. The standard InChI is InChI=1S/C44H83O13P/c1-3-5-7-9-11-13-15-17-18-19-21-22-24-26-28-30-32-37(45)54-34-36(35-55-58(52,53)57-44-42(50)40(48)39(47)41(49)43(44)51)56-38(46)33-31-29-27-25-23-20-16-14-12-10-8-6-4-2/h14,16,36,39-44,47-51H,3-13,15,17-35H2,1-2H3,(H,52,53)/b16-14-/t36-,39?,40-,41?,42?,43?,44?/m1/s1. The first-order chi connectivity index (χ1) is 27.9. The molecule has 58 heavy (non-hydrogen) atoms. The molecule has 6 unspecified atom stereocenters. The molecule has 14 heteroatoms. The van der Waals surface area contributed by atoms with Crippen molar-refractivity contribution in [3.05, 3.63) is 12.2 Å². The Bertz CT molecular complexity index is 1080. The van der Waals surface area contributed by atoms with Crippen LogP contribution in [0.15, 0.2) is 12.2 Å². The maximum atomic E-state index is 12.8. The van der Waals surface area contributed by atoms with Gasteiger partial charge in [0, 0.05) is 12.8 Å². The number of hydrogen-bond donors (Lipinski definition) is 6. The Morgan fingerprint density at radius 2 is 0.879 bits per heavy atom. The number of carbonyl (C=O) groups excluding carboxylic acids is 2. The van der Waals surface area contributed by atoms with Crippen molar-refractivity contribution in [2.75, 3.05) is 13.2 Å². The fraction of sp³-hybridized carbons (Fsp3) is 0.909. The minimum atomic E-state index is -5.11. The number of phosphoric ester groups is 1. The second-order valence-electron chi connectivity index (χ2n) is 16.3. The van der Waals surface area contributed by atoms with Crippen molar-refractivity contribution >= 4 is 19.8 Å². The molecule has 0 aromatic heterocycles. The van der Waals surface area contributed by atoms with Gasteiger partial charge in [0.2, 0.25) is 0 Å². The molecule has 0 aromatic carbocycles. The summed E-state index contributed by atoms with van der Waals surface area (Å²) >= 11 is 0. The Kier molecular flexibility index (Phi) is 33.2. The van der Waals surface area contributed by atoms with Crippen LogP contribution in [0.3, 0.4) is 0 Å². The minimum absolute atomic E-state index is 0.0904. The molecule has 0 heterocycles. The van der Waals surface area contributed by atoms with Crippen LogP contribution in [-0.2, 0) is 32.7 Å². The van der Waals surface area contributed by atoms with Crippen molar-refractivity contribution in [1.29, 1.82) is 0 Å². The molecule has 0 aromatic rings. The molecule has 0 saturated heterocycles. The van der Waals surface area contributed by atoms with Gasteiger partial charge in [0.25, 0.3) is 0 Å². The Balaban J connectivity index is 2.45. The number of aliphatic hydroxyl groups excluding tert-OH is 5. The zero-order valence-corrected chi connectivity index (χ0v) is 37.0. The first-order valence-corrected chi connectivity index (χ1v) is 24.5. The summed E-state index contributed by atoms with van der Waals surface area (Å²) in [4.78, 5) is 35.6. The molecule has 1 aliphatic rings. The van der Waals surface area contributed by atoms with E-state index in [1.807, 2.05) is 0 Å². The summed E-state index contributed by atoms with van der Waals surface area (Å²) in [5.41, 5.74) is 0. The molecule has 0 bridgehead atoms. The average Bonchev–Trinajstić information content (AvgIpc) is 3.20. The molecular weight excluding hydrogens is 767 g/mol. The van der Waals surface area contributed by atoms with E-state index < -0.39 is 75.7 Å². The first-order valence-electron chi connectivity index (χ1n) is 23.0. The van der Waals surface area contributed by atoms with E-state index in [9.17, 15) is 44.6 Å². The summed E-state index contributed by atoms with van der Waals surface area (Å²) in [5, 5.41) is 50.1. The fourth-order valence-corrected chi connectivity index (χ4v) is 8.08. The molecule has 1 rings (SSSR count). The summed E-state index contributed by atoms with van der Waals surface area (Å²) in [7, 11) is -5.11. The third kappa shape index (κ3) is 27.4. The Morgan fingerprint density at radius 3 is 1.33 bits per heavy atom. The molecule has 1 fully saturated rings. The van der Waals surface area contributed by atoms with Crippen molar-refractivity contribution in [3.8, 4) is 0 Å². The van der Waals surface area contributed by atoms with Gasteiger partial charge in [0.15, 0.2) is 6.10 Å². The molecule has 1 aliphatic carbocycles. The number of esters is 2. The topological polar surface area (TPSA) is 210 Å². The number of rotatable bonds is 38. The molecule has 0 aliphatic heterocycles. The van der Waals surface area contributed by atoms with Crippen LogP contribution in [0.5, 0.6) is 0 Å². The van der Waals surface area contributed by atoms with Crippen LogP contribution in [0.1, 0.15) is 200 Å². The number of ether oxygens (including phenoxy) is 2. The van der Waals surface area contributed by atoms with Gasteiger partial charge in [-0.15, -0.1) is 0 Å². The van der Waals surface area contributed by atoms with Crippen LogP contribution in [0.25, 0.3) is 0 Å². The van der Waals surface area contributed by atoms with Crippen LogP contribution >= 0.6 is 7.82 Å². The van der Waals surface area contributed by atoms with Crippen LogP contribution in [-0.4, -0.2) is 98.3 Å². The number of unbranched alkanes of at least 4 members (excludes halogenated alkanes) is 24. The van der Waals surface area contributed by atoms with Gasteiger partial charge in [-0.25, -0.2) is 4.57 Å². The highest BCUT2D eigenvalue weighted by Crippen LogP contribution is 2.47.